The molecule has 0 fully saturated rings. The molecule has 5 heteroatoms. The van der Waals surface area contributed by atoms with Crippen molar-refractivity contribution >= 4 is 15.9 Å². The van der Waals surface area contributed by atoms with E-state index >= 15 is 0 Å². The molecule has 4 nitrogen and oxygen atoms in total. The third-order valence-electron chi connectivity index (χ3n) is 3.90. The SMILES string of the molecule is [2H]C([2H])(c1ccc2c(c1)OCCO2)c1cc(Br)c(OC)c2c1OCC2. The Balaban J connectivity index is 1.84. The first kappa shape index (κ1) is 12.5. The van der Waals surface area contributed by atoms with E-state index in [1.54, 1.807) is 31.4 Å². The third kappa shape index (κ3) is 2.63. The molecule has 2 aliphatic heterocycles. The van der Waals surface area contributed by atoms with Crippen LogP contribution in [-0.2, 0) is 12.8 Å². The Hall–Kier alpha value is -1.88. The highest BCUT2D eigenvalue weighted by Crippen LogP contribution is 2.43. The largest absolute Gasteiger partial charge is 0.495 e. The van der Waals surface area contributed by atoms with Crippen molar-refractivity contribution in [2.24, 2.45) is 0 Å². The number of fused-ring (bicyclic) bond motifs is 2. The van der Waals surface area contributed by atoms with E-state index in [1.165, 1.54) is 0 Å². The van der Waals surface area contributed by atoms with Gasteiger partial charge in [-0.1, -0.05) is 6.07 Å². The number of hydrogen-bond acceptors (Lipinski definition) is 4. The predicted octanol–water partition coefficient (Wildman–Crippen LogP) is 3.75. The van der Waals surface area contributed by atoms with Crippen LogP contribution in [-0.4, -0.2) is 26.9 Å². The number of ether oxygens (including phenoxy) is 4. The maximum Gasteiger partial charge on any atom is 0.161 e. The van der Waals surface area contributed by atoms with E-state index in [2.05, 4.69) is 15.9 Å². The van der Waals surface area contributed by atoms with Gasteiger partial charge in [0.1, 0.15) is 24.7 Å². The lowest BCUT2D eigenvalue weighted by Gasteiger charge is -2.19. The Morgan fingerprint density at radius 2 is 1.96 bits per heavy atom. The summed E-state index contributed by atoms with van der Waals surface area (Å²) in [6.07, 6.45) is -1.05. The topological polar surface area (TPSA) is 36.9 Å². The zero-order chi connectivity index (χ0) is 17.6. The first-order valence-electron chi connectivity index (χ1n) is 8.45. The zero-order valence-electron chi connectivity index (χ0n) is 14.6. The van der Waals surface area contributed by atoms with Gasteiger partial charge in [0.05, 0.1) is 18.2 Å². The summed E-state index contributed by atoms with van der Waals surface area (Å²) in [5.74, 6) is 2.48. The maximum absolute atomic E-state index is 8.75. The van der Waals surface area contributed by atoms with Gasteiger partial charge in [0.25, 0.3) is 0 Å². The molecule has 0 unspecified atom stereocenters. The second kappa shape index (κ2) is 5.96. The number of methoxy groups -OCH3 is 1. The molecule has 2 aromatic carbocycles. The Labute approximate surface area is 146 Å². The van der Waals surface area contributed by atoms with Crippen molar-refractivity contribution in [2.75, 3.05) is 26.9 Å². The van der Waals surface area contributed by atoms with Gasteiger partial charge in [-0.2, -0.15) is 0 Å². The molecule has 0 spiro atoms. The fourth-order valence-corrected chi connectivity index (χ4v) is 3.53. The molecule has 120 valence electrons. The van der Waals surface area contributed by atoms with Crippen LogP contribution in [0.4, 0.5) is 0 Å². The molecule has 0 saturated heterocycles. The van der Waals surface area contributed by atoms with E-state index in [4.69, 9.17) is 21.7 Å². The molecule has 0 N–H and O–H groups in total. The molecule has 23 heavy (non-hydrogen) atoms. The van der Waals surface area contributed by atoms with Gasteiger partial charge >= 0.3 is 0 Å². The van der Waals surface area contributed by atoms with Crippen molar-refractivity contribution in [2.45, 2.75) is 12.8 Å². The number of rotatable bonds is 3. The van der Waals surface area contributed by atoms with Gasteiger partial charge in [-0.3, -0.25) is 0 Å². The normalized spacial score (nSPS) is 17.0. The van der Waals surface area contributed by atoms with Crippen LogP contribution < -0.4 is 18.9 Å². The average Bonchev–Trinajstić information content (AvgIpc) is 3.09. The van der Waals surface area contributed by atoms with E-state index in [0.717, 1.165) is 10.0 Å². The highest BCUT2D eigenvalue weighted by atomic mass is 79.9. The fourth-order valence-electron chi connectivity index (χ4n) is 2.90. The van der Waals surface area contributed by atoms with Crippen LogP contribution in [0.2, 0.25) is 0 Å². The van der Waals surface area contributed by atoms with Crippen LogP contribution in [0.25, 0.3) is 0 Å². The highest BCUT2D eigenvalue weighted by molar-refractivity contribution is 9.10. The van der Waals surface area contributed by atoms with Gasteiger partial charge in [0, 0.05) is 26.7 Å². The monoisotopic (exact) mass is 378 g/mol. The minimum atomic E-state index is -1.75. The van der Waals surface area contributed by atoms with E-state index in [9.17, 15) is 0 Å². The number of benzene rings is 2. The van der Waals surface area contributed by atoms with Crippen LogP contribution in [0.3, 0.4) is 0 Å². The summed E-state index contributed by atoms with van der Waals surface area (Å²) in [5, 5.41) is 0. The zero-order valence-corrected chi connectivity index (χ0v) is 14.2. The smallest absolute Gasteiger partial charge is 0.161 e. The Morgan fingerprint density at radius 1 is 1.13 bits per heavy atom. The number of halogens is 1. The first-order valence-corrected chi connectivity index (χ1v) is 8.24. The van der Waals surface area contributed by atoms with Crippen molar-refractivity contribution < 1.29 is 21.7 Å². The quantitative estimate of drug-likeness (QED) is 0.814. The van der Waals surface area contributed by atoms with Gasteiger partial charge < -0.3 is 18.9 Å². The van der Waals surface area contributed by atoms with Crippen molar-refractivity contribution in [3.05, 3.63) is 45.4 Å². The molecule has 2 aliphatic rings. The van der Waals surface area contributed by atoms with Crippen LogP contribution in [0.1, 0.15) is 19.4 Å². The minimum Gasteiger partial charge on any atom is -0.495 e. The maximum atomic E-state index is 8.75. The molecule has 0 bridgehead atoms. The molecule has 0 atom stereocenters. The molecule has 2 heterocycles. The molecule has 4 rings (SSSR count). The summed E-state index contributed by atoms with van der Waals surface area (Å²) in [7, 11) is 1.60. The summed E-state index contributed by atoms with van der Waals surface area (Å²) < 4.78 is 40.5. The van der Waals surface area contributed by atoms with Gasteiger partial charge in [-0.05, 0) is 39.7 Å². The van der Waals surface area contributed by atoms with Crippen LogP contribution >= 0.6 is 15.9 Å². The van der Waals surface area contributed by atoms with Crippen molar-refractivity contribution in [3.8, 4) is 23.0 Å². The van der Waals surface area contributed by atoms with Crippen LogP contribution in [0.5, 0.6) is 23.0 Å². The van der Waals surface area contributed by atoms with E-state index in [0.29, 0.717) is 60.4 Å². The molecule has 0 aliphatic carbocycles. The van der Waals surface area contributed by atoms with Gasteiger partial charge in [0.15, 0.2) is 11.5 Å². The van der Waals surface area contributed by atoms with Crippen molar-refractivity contribution in [3.63, 3.8) is 0 Å². The van der Waals surface area contributed by atoms with Crippen molar-refractivity contribution in [1.29, 1.82) is 0 Å². The van der Waals surface area contributed by atoms with Crippen LogP contribution in [0, 0.1) is 0 Å². The summed E-state index contributed by atoms with van der Waals surface area (Å²) in [6, 6.07) is 6.92. The third-order valence-corrected chi connectivity index (χ3v) is 4.49. The molecule has 0 radical (unpaired) electrons. The van der Waals surface area contributed by atoms with Gasteiger partial charge in [-0.15, -0.1) is 0 Å². The average molecular weight is 379 g/mol. The lowest BCUT2D eigenvalue weighted by atomic mass is 10.00. The lowest BCUT2D eigenvalue weighted by molar-refractivity contribution is 0.171. The van der Waals surface area contributed by atoms with Crippen LogP contribution in [0.15, 0.2) is 28.7 Å². The molecule has 0 saturated carbocycles. The Bertz CT molecular complexity index is 838. The fraction of sp³-hybridized carbons (Fsp3) is 0.333. The highest BCUT2D eigenvalue weighted by Gasteiger charge is 2.24. The molecular formula is C18H17BrO4. The molecule has 0 aromatic heterocycles. The Morgan fingerprint density at radius 3 is 2.78 bits per heavy atom. The van der Waals surface area contributed by atoms with E-state index in [-0.39, 0.29) is 0 Å². The van der Waals surface area contributed by atoms with E-state index in [1.807, 2.05) is 0 Å². The first-order chi connectivity index (χ1) is 12.0. The second-order valence-corrected chi connectivity index (χ2v) is 6.18. The summed E-state index contributed by atoms with van der Waals surface area (Å²) in [6.45, 7) is 1.49. The Kier molecular flexibility index (Phi) is 3.25. The molecule has 2 aromatic rings. The standard InChI is InChI=1S/C18H17BrO4/c1-20-18-13-4-5-23-17(13)12(10-14(18)19)8-11-2-3-15-16(9-11)22-7-6-21-15/h2-3,9-10H,4-8H2,1H3/i8D2. The summed E-state index contributed by atoms with van der Waals surface area (Å²) >= 11 is 3.49. The summed E-state index contributed by atoms with van der Waals surface area (Å²) in [4.78, 5) is 0. The van der Waals surface area contributed by atoms with E-state index < -0.39 is 6.37 Å². The second-order valence-electron chi connectivity index (χ2n) is 5.33. The summed E-state index contributed by atoms with van der Waals surface area (Å²) in [5.41, 5.74) is 1.86. The van der Waals surface area contributed by atoms with Gasteiger partial charge in [0.2, 0.25) is 0 Å². The van der Waals surface area contributed by atoms with Crippen molar-refractivity contribution in [1.82, 2.24) is 0 Å². The number of hydrogen-bond donors (Lipinski definition) is 0. The minimum absolute atomic E-state index is 0.464. The van der Waals surface area contributed by atoms with Gasteiger partial charge in [-0.25, -0.2) is 0 Å². The lowest BCUT2D eigenvalue weighted by Crippen LogP contribution is -2.15. The predicted molar refractivity (Wildman–Crippen MR) is 90.1 cm³/mol. The molecular weight excluding hydrogens is 360 g/mol. The molecule has 0 amide bonds.